The number of hydrogen-bond donors (Lipinski definition) is 1. The number of rotatable bonds is 7. The minimum absolute atomic E-state index is 0.101. The van der Waals surface area contributed by atoms with Crippen LogP contribution in [0.1, 0.15) is 51.9 Å². The number of amides is 1. The Morgan fingerprint density at radius 2 is 2.07 bits per heavy atom. The number of carbonyl (C=O) groups excluding carboxylic acids is 1. The van der Waals surface area contributed by atoms with Crippen molar-refractivity contribution in [2.24, 2.45) is 0 Å². The van der Waals surface area contributed by atoms with E-state index in [-0.39, 0.29) is 18.6 Å². The van der Waals surface area contributed by atoms with E-state index in [1.54, 1.807) is 0 Å². The second-order valence-corrected chi connectivity index (χ2v) is 4.38. The van der Waals surface area contributed by atoms with Gasteiger partial charge in [0.05, 0.1) is 12.6 Å². The topological polar surface area (TPSA) is 40.5 Å². The molecule has 1 N–H and O–H groups in total. The van der Waals surface area contributed by atoms with E-state index in [0.29, 0.717) is 6.42 Å². The zero-order chi connectivity index (χ0) is 11.1. The van der Waals surface area contributed by atoms with Gasteiger partial charge in [0.25, 0.3) is 0 Å². The van der Waals surface area contributed by atoms with Crippen LogP contribution in [0.5, 0.6) is 0 Å². The minimum atomic E-state index is 0.101. The maximum absolute atomic E-state index is 11.5. The summed E-state index contributed by atoms with van der Waals surface area (Å²) in [5.41, 5.74) is 0. The highest BCUT2D eigenvalue weighted by Crippen LogP contribution is 2.19. The number of unbranched alkanes of at least 4 members (excludes halogenated alkanes) is 4. The molecular formula is C12H23NO2. The van der Waals surface area contributed by atoms with E-state index < -0.39 is 0 Å². The molecule has 0 bridgehead atoms. The fourth-order valence-corrected chi connectivity index (χ4v) is 2.18. The molecule has 1 fully saturated rings. The molecule has 0 unspecified atom stereocenters. The molecule has 88 valence electrons. The van der Waals surface area contributed by atoms with E-state index in [1.807, 2.05) is 4.90 Å². The predicted molar refractivity (Wildman–Crippen MR) is 60.6 cm³/mol. The molecule has 1 heterocycles. The summed E-state index contributed by atoms with van der Waals surface area (Å²) in [4.78, 5) is 13.3. The molecule has 0 aliphatic carbocycles. The van der Waals surface area contributed by atoms with Crippen LogP contribution < -0.4 is 0 Å². The van der Waals surface area contributed by atoms with Crippen molar-refractivity contribution in [1.29, 1.82) is 0 Å². The lowest BCUT2D eigenvalue weighted by Gasteiger charge is -2.22. The van der Waals surface area contributed by atoms with Gasteiger partial charge in [0.2, 0.25) is 5.91 Å². The zero-order valence-electron chi connectivity index (χ0n) is 9.74. The summed E-state index contributed by atoms with van der Waals surface area (Å²) in [5.74, 6) is 0.226. The van der Waals surface area contributed by atoms with Crippen LogP contribution in [0.4, 0.5) is 0 Å². The fourth-order valence-electron chi connectivity index (χ4n) is 2.18. The molecule has 0 aromatic heterocycles. The van der Waals surface area contributed by atoms with Crippen molar-refractivity contribution < 1.29 is 9.90 Å². The highest BCUT2D eigenvalue weighted by molar-refractivity contribution is 5.78. The van der Waals surface area contributed by atoms with Gasteiger partial charge in [-0.2, -0.15) is 0 Å². The molecule has 1 aliphatic heterocycles. The number of aliphatic hydroxyl groups excluding tert-OH is 1. The van der Waals surface area contributed by atoms with Gasteiger partial charge in [-0.1, -0.05) is 32.6 Å². The van der Waals surface area contributed by atoms with Gasteiger partial charge >= 0.3 is 0 Å². The molecule has 0 aromatic carbocycles. The number of hydrogen-bond acceptors (Lipinski definition) is 2. The fraction of sp³-hybridized carbons (Fsp3) is 0.917. The van der Waals surface area contributed by atoms with E-state index in [0.717, 1.165) is 19.4 Å². The number of nitrogens with zero attached hydrogens (tertiary/aromatic N) is 1. The van der Waals surface area contributed by atoms with Gasteiger partial charge in [0, 0.05) is 13.0 Å². The number of likely N-dealkylation sites (tertiary alicyclic amines) is 1. The lowest BCUT2D eigenvalue weighted by atomic mass is 10.1. The van der Waals surface area contributed by atoms with Crippen LogP contribution in [0.2, 0.25) is 0 Å². The molecular weight excluding hydrogens is 190 g/mol. The van der Waals surface area contributed by atoms with Crippen LogP contribution >= 0.6 is 0 Å². The molecule has 1 saturated heterocycles. The number of carbonyl (C=O) groups is 1. The smallest absolute Gasteiger partial charge is 0.222 e. The molecule has 1 rings (SSSR count). The van der Waals surface area contributed by atoms with Crippen molar-refractivity contribution in [1.82, 2.24) is 4.90 Å². The minimum Gasteiger partial charge on any atom is -0.394 e. The summed E-state index contributed by atoms with van der Waals surface area (Å²) in [5, 5.41) is 9.10. The molecule has 3 nitrogen and oxygen atoms in total. The van der Waals surface area contributed by atoms with E-state index >= 15 is 0 Å². The van der Waals surface area contributed by atoms with Crippen molar-refractivity contribution in [2.45, 2.75) is 57.9 Å². The van der Waals surface area contributed by atoms with E-state index in [2.05, 4.69) is 6.92 Å². The Morgan fingerprint density at radius 3 is 2.73 bits per heavy atom. The third kappa shape index (κ3) is 3.82. The van der Waals surface area contributed by atoms with Crippen molar-refractivity contribution in [3.05, 3.63) is 0 Å². The quantitative estimate of drug-likeness (QED) is 0.657. The summed E-state index contributed by atoms with van der Waals surface area (Å²) in [6.07, 6.45) is 7.56. The van der Waals surface area contributed by atoms with Crippen LogP contribution in [0.15, 0.2) is 0 Å². The van der Waals surface area contributed by atoms with Crippen molar-refractivity contribution in [2.75, 3.05) is 13.2 Å². The summed E-state index contributed by atoms with van der Waals surface area (Å²) in [6, 6.07) is 0.101. The molecule has 3 heteroatoms. The van der Waals surface area contributed by atoms with Gasteiger partial charge in [0.1, 0.15) is 0 Å². The summed E-state index contributed by atoms with van der Waals surface area (Å²) in [6.45, 7) is 3.17. The molecule has 0 saturated carbocycles. The Labute approximate surface area is 92.5 Å². The van der Waals surface area contributed by atoms with Crippen LogP contribution in [0.25, 0.3) is 0 Å². The van der Waals surface area contributed by atoms with Gasteiger partial charge in [0.15, 0.2) is 0 Å². The Kier molecular flexibility index (Phi) is 5.69. The average molecular weight is 213 g/mol. The van der Waals surface area contributed by atoms with E-state index in [1.165, 1.54) is 25.7 Å². The first-order chi connectivity index (χ1) is 7.29. The predicted octanol–water partition coefficient (Wildman–Crippen LogP) is 1.94. The SMILES string of the molecule is CCCCCCCN1C(=O)CC[C@H]1CO. The highest BCUT2D eigenvalue weighted by Gasteiger charge is 2.29. The van der Waals surface area contributed by atoms with E-state index in [4.69, 9.17) is 5.11 Å². The second kappa shape index (κ2) is 6.83. The van der Waals surface area contributed by atoms with Gasteiger partial charge in [-0.05, 0) is 12.8 Å². The van der Waals surface area contributed by atoms with Crippen molar-refractivity contribution in [3.8, 4) is 0 Å². The monoisotopic (exact) mass is 213 g/mol. The molecule has 0 spiro atoms. The van der Waals surface area contributed by atoms with Crippen LogP contribution in [-0.2, 0) is 4.79 Å². The standard InChI is InChI=1S/C12H23NO2/c1-2-3-4-5-6-9-13-11(10-14)7-8-12(13)15/h11,14H,2-10H2,1H3/t11-/m0/s1. The Bertz CT molecular complexity index is 194. The van der Waals surface area contributed by atoms with Gasteiger partial charge in [-0.25, -0.2) is 0 Å². The largest absolute Gasteiger partial charge is 0.394 e. The maximum Gasteiger partial charge on any atom is 0.222 e. The van der Waals surface area contributed by atoms with Crippen LogP contribution in [0, 0.1) is 0 Å². The van der Waals surface area contributed by atoms with Gasteiger partial charge in [-0.15, -0.1) is 0 Å². The molecule has 0 radical (unpaired) electrons. The lowest BCUT2D eigenvalue weighted by Crippen LogP contribution is -2.36. The molecule has 1 amide bonds. The Balaban J connectivity index is 2.15. The first-order valence-corrected chi connectivity index (χ1v) is 6.20. The average Bonchev–Trinajstić information content (AvgIpc) is 2.60. The summed E-state index contributed by atoms with van der Waals surface area (Å²) >= 11 is 0. The Morgan fingerprint density at radius 1 is 1.33 bits per heavy atom. The highest BCUT2D eigenvalue weighted by atomic mass is 16.3. The van der Waals surface area contributed by atoms with Crippen LogP contribution in [-0.4, -0.2) is 35.1 Å². The summed E-state index contributed by atoms with van der Waals surface area (Å²) in [7, 11) is 0. The number of aliphatic hydroxyl groups is 1. The third-order valence-electron chi connectivity index (χ3n) is 3.17. The van der Waals surface area contributed by atoms with E-state index in [9.17, 15) is 4.79 Å². The zero-order valence-corrected chi connectivity index (χ0v) is 9.74. The normalized spacial score (nSPS) is 21.3. The first kappa shape index (κ1) is 12.5. The molecule has 1 aliphatic rings. The lowest BCUT2D eigenvalue weighted by molar-refractivity contribution is -0.129. The van der Waals surface area contributed by atoms with Gasteiger partial charge < -0.3 is 10.0 Å². The Hall–Kier alpha value is -0.570. The molecule has 15 heavy (non-hydrogen) atoms. The van der Waals surface area contributed by atoms with Crippen LogP contribution in [0.3, 0.4) is 0 Å². The third-order valence-corrected chi connectivity index (χ3v) is 3.17. The maximum atomic E-state index is 11.5. The van der Waals surface area contributed by atoms with Crippen molar-refractivity contribution >= 4 is 5.91 Å². The van der Waals surface area contributed by atoms with Crippen molar-refractivity contribution in [3.63, 3.8) is 0 Å². The van der Waals surface area contributed by atoms with Gasteiger partial charge in [-0.3, -0.25) is 4.79 Å². The first-order valence-electron chi connectivity index (χ1n) is 6.20. The second-order valence-electron chi connectivity index (χ2n) is 4.38. The molecule has 1 atom stereocenters. The molecule has 0 aromatic rings. The summed E-state index contributed by atoms with van der Waals surface area (Å²) < 4.78 is 0.